The van der Waals surface area contributed by atoms with E-state index >= 15 is 0 Å². The maximum Gasteiger partial charge on any atom is 0.429 e. The van der Waals surface area contributed by atoms with E-state index < -0.39 is 30.2 Å². The number of hydrazine groups is 1. The van der Waals surface area contributed by atoms with Crippen LogP contribution in [0.1, 0.15) is 25.0 Å². The van der Waals surface area contributed by atoms with Gasteiger partial charge in [-0.3, -0.25) is 0 Å². The summed E-state index contributed by atoms with van der Waals surface area (Å²) in [5.74, 6) is -1.15. The minimum Gasteiger partial charge on any atom is -0.448 e. The van der Waals surface area contributed by atoms with Gasteiger partial charge in [0.25, 0.3) is 0 Å². The number of fused-ring (bicyclic) bond motifs is 1. The van der Waals surface area contributed by atoms with Crippen LogP contribution in [0.25, 0.3) is 0 Å². The van der Waals surface area contributed by atoms with Crippen LogP contribution >= 0.6 is 0 Å². The fraction of sp³-hybridized carbons (Fsp3) is 0.391. The van der Waals surface area contributed by atoms with Crippen molar-refractivity contribution < 1.29 is 28.5 Å². The zero-order chi connectivity index (χ0) is 21.8. The van der Waals surface area contributed by atoms with E-state index in [0.717, 1.165) is 11.1 Å². The van der Waals surface area contributed by atoms with Crippen molar-refractivity contribution in [3.05, 3.63) is 71.8 Å². The van der Waals surface area contributed by atoms with Gasteiger partial charge in [0.1, 0.15) is 12.2 Å². The molecule has 8 nitrogen and oxygen atoms in total. The molecule has 2 heterocycles. The molecule has 0 aliphatic carbocycles. The summed E-state index contributed by atoms with van der Waals surface area (Å²) in [7, 11) is 0. The number of nitrogens with zero attached hydrogens (tertiary/aromatic N) is 2. The molecule has 2 aromatic rings. The first-order valence-corrected chi connectivity index (χ1v) is 10.4. The van der Waals surface area contributed by atoms with E-state index in [2.05, 4.69) is 0 Å². The topological polar surface area (TPSA) is 77.5 Å². The zero-order valence-electron chi connectivity index (χ0n) is 17.6. The van der Waals surface area contributed by atoms with E-state index in [0.29, 0.717) is 0 Å². The lowest BCUT2D eigenvalue weighted by atomic mass is 9.97. The molecule has 2 amide bonds. The number of rotatable bonds is 4. The molecule has 0 spiro atoms. The van der Waals surface area contributed by atoms with Crippen molar-refractivity contribution in [1.82, 2.24) is 10.0 Å². The van der Waals surface area contributed by atoms with Gasteiger partial charge in [0.15, 0.2) is 0 Å². The molecule has 2 fully saturated rings. The number of ether oxygens (including phenoxy) is 4. The minimum atomic E-state index is -1.15. The summed E-state index contributed by atoms with van der Waals surface area (Å²) in [5.41, 5.74) is 1.67. The van der Waals surface area contributed by atoms with Crippen LogP contribution in [0.2, 0.25) is 0 Å². The number of amides is 2. The Bertz CT molecular complexity index is 831. The molecule has 0 saturated carbocycles. The van der Waals surface area contributed by atoms with Crippen LogP contribution in [0.3, 0.4) is 0 Å². The summed E-state index contributed by atoms with van der Waals surface area (Å²) < 4.78 is 23.3. The lowest BCUT2D eigenvalue weighted by Crippen LogP contribution is -2.61. The van der Waals surface area contributed by atoms with Crippen LogP contribution in [-0.4, -0.2) is 60.7 Å². The second-order valence-electron chi connectivity index (χ2n) is 7.22. The Labute approximate surface area is 181 Å². The molecule has 2 aliphatic rings. The van der Waals surface area contributed by atoms with Crippen LogP contribution in [0.5, 0.6) is 0 Å². The van der Waals surface area contributed by atoms with Crippen LogP contribution < -0.4 is 0 Å². The first kappa shape index (κ1) is 21.1. The third kappa shape index (κ3) is 3.96. The first-order valence-electron chi connectivity index (χ1n) is 10.4. The summed E-state index contributed by atoms with van der Waals surface area (Å²) in [4.78, 5) is 25.1. The SMILES string of the molecule is CCOC(=O)N1C[C@@H]2OC(c3ccccc3)(c3ccccc3)O[C@@H]2CN1C(=O)OCC. The van der Waals surface area contributed by atoms with Crippen LogP contribution in [0, 0.1) is 0 Å². The summed E-state index contributed by atoms with van der Waals surface area (Å²) in [6.45, 7) is 4.01. The van der Waals surface area contributed by atoms with Gasteiger partial charge in [0.2, 0.25) is 5.79 Å². The molecule has 0 aromatic heterocycles. The second kappa shape index (κ2) is 8.95. The zero-order valence-corrected chi connectivity index (χ0v) is 17.6. The predicted molar refractivity (Wildman–Crippen MR) is 111 cm³/mol. The average Bonchev–Trinajstić information content (AvgIpc) is 3.19. The van der Waals surface area contributed by atoms with Crippen molar-refractivity contribution in [2.45, 2.75) is 31.8 Å². The van der Waals surface area contributed by atoms with Gasteiger partial charge in [-0.25, -0.2) is 19.6 Å². The van der Waals surface area contributed by atoms with E-state index in [1.165, 1.54) is 10.0 Å². The third-order valence-corrected chi connectivity index (χ3v) is 5.31. The van der Waals surface area contributed by atoms with Gasteiger partial charge < -0.3 is 18.9 Å². The van der Waals surface area contributed by atoms with E-state index in [4.69, 9.17) is 18.9 Å². The summed E-state index contributed by atoms with van der Waals surface area (Å²) in [5, 5.41) is 2.47. The Balaban J connectivity index is 1.69. The van der Waals surface area contributed by atoms with Gasteiger partial charge in [-0.15, -0.1) is 0 Å². The maximum atomic E-state index is 12.6. The Morgan fingerprint density at radius 1 is 0.806 bits per heavy atom. The summed E-state index contributed by atoms with van der Waals surface area (Å²) in [6.07, 6.45) is -2.19. The Hall–Kier alpha value is -3.10. The second-order valence-corrected chi connectivity index (χ2v) is 7.22. The predicted octanol–water partition coefficient (Wildman–Crippen LogP) is 3.52. The van der Waals surface area contributed by atoms with E-state index in [1.807, 2.05) is 60.7 Å². The molecule has 0 bridgehead atoms. The number of hydrogen-bond acceptors (Lipinski definition) is 6. The monoisotopic (exact) mass is 426 g/mol. The molecular formula is C23H26N2O6. The quantitative estimate of drug-likeness (QED) is 0.745. The third-order valence-electron chi connectivity index (χ3n) is 5.31. The summed E-state index contributed by atoms with van der Waals surface area (Å²) in [6, 6.07) is 19.3. The molecule has 31 heavy (non-hydrogen) atoms. The highest BCUT2D eigenvalue weighted by Crippen LogP contribution is 2.44. The standard InChI is InChI=1S/C23H26N2O6/c1-3-28-21(26)24-15-19-20(16-25(24)22(27)29-4-2)31-23(30-19,17-11-7-5-8-12-17)18-13-9-6-10-14-18/h5-14,19-20H,3-4,15-16H2,1-2H3/t19-,20+. The van der Waals surface area contributed by atoms with Crippen LogP contribution in [0.4, 0.5) is 9.59 Å². The fourth-order valence-electron chi connectivity index (χ4n) is 3.95. The highest BCUT2D eigenvalue weighted by atomic mass is 16.8. The molecule has 164 valence electrons. The smallest absolute Gasteiger partial charge is 0.429 e. The fourth-order valence-corrected chi connectivity index (χ4v) is 3.95. The molecule has 2 aliphatic heterocycles. The number of benzene rings is 2. The molecule has 2 atom stereocenters. The molecular weight excluding hydrogens is 400 g/mol. The van der Waals surface area contributed by atoms with Gasteiger partial charge in [0.05, 0.1) is 26.3 Å². The van der Waals surface area contributed by atoms with Crippen molar-refractivity contribution in [3.63, 3.8) is 0 Å². The lowest BCUT2D eigenvalue weighted by Gasteiger charge is -2.40. The Morgan fingerprint density at radius 3 is 1.55 bits per heavy atom. The lowest BCUT2D eigenvalue weighted by molar-refractivity contribution is -0.148. The van der Waals surface area contributed by atoms with E-state index in [-0.39, 0.29) is 26.3 Å². The Morgan fingerprint density at radius 2 is 1.19 bits per heavy atom. The molecule has 4 rings (SSSR count). The number of carbonyl (C=O) groups is 2. The summed E-state index contributed by atoms with van der Waals surface area (Å²) >= 11 is 0. The van der Waals surface area contributed by atoms with Crippen molar-refractivity contribution in [3.8, 4) is 0 Å². The van der Waals surface area contributed by atoms with Crippen molar-refractivity contribution in [2.75, 3.05) is 26.3 Å². The van der Waals surface area contributed by atoms with Gasteiger partial charge in [-0.1, -0.05) is 60.7 Å². The van der Waals surface area contributed by atoms with Gasteiger partial charge in [-0.05, 0) is 13.8 Å². The normalized spacial score (nSPS) is 22.0. The molecule has 0 radical (unpaired) electrons. The van der Waals surface area contributed by atoms with E-state index in [9.17, 15) is 9.59 Å². The molecule has 8 heteroatoms. The van der Waals surface area contributed by atoms with E-state index in [1.54, 1.807) is 13.8 Å². The molecule has 2 saturated heterocycles. The average molecular weight is 426 g/mol. The maximum absolute atomic E-state index is 12.6. The number of carbonyl (C=O) groups excluding carboxylic acids is 2. The van der Waals surface area contributed by atoms with Gasteiger partial charge in [-0.2, -0.15) is 0 Å². The molecule has 0 N–H and O–H groups in total. The molecule has 2 aromatic carbocycles. The minimum absolute atomic E-state index is 0.101. The largest absolute Gasteiger partial charge is 0.448 e. The highest BCUT2D eigenvalue weighted by Gasteiger charge is 2.55. The number of hydrogen-bond donors (Lipinski definition) is 0. The molecule has 0 unspecified atom stereocenters. The van der Waals surface area contributed by atoms with Crippen molar-refractivity contribution >= 4 is 12.2 Å². The van der Waals surface area contributed by atoms with Crippen LogP contribution in [-0.2, 0) is 24.7 Å². The van der Waals surface area contributed by atoms with Crippen LogP contribution in [0.15, 0.2) is 60.7 Å². The Kier molecular flexibility index (Phi) is 6.11. The highest BCUT2D eigenvalue weighted by molar-refractivity contribution is 5.74. The first-order chi connectivity index (χ1) is 15.1. The van der Waals surface area contributed by atoms with Crippen molar-refractivity contribution in [2.24, 2.45) is 0 Å². The van der Waals surface area contributed by atoms with Gasteiger partial charge in [0, 0.05) is 11.1 Å². The van der Waals surface area contributed by atoms with Gasteiger partial charge >= 0.3 is 12.2 Å². The van der Waals surface area contributed by atoms with Crippen molar-refractivity contribution in [1.29, 1.82) is 0 Å².